The lowest BCUT2D eigenvalue weighted by Crippen LogP contribution is -2.49. The zero-order valence-electron chi connectivity index (χ0n) is 18.4. The van der Waals surface area contributed by atoms with Crippen LogP contribution < -0.4 is 10.1 Å². The van der Waals surface area contributed by atoms with Gasteiger partial charge in [-0.15, -0.1) is 0 Å². The van der Waals surface area contributed by atoms with Gasteiger partial charge in [0.2, 0.25) is 15.9 Å². The van der Waals surface area contributed by atoms with Crippen molar-refractivity contribution in [1.29, 1.82) is 0 Å². The number of hydrogen-bond acceptors (Lipinski definition) is 8. The molecule has 0 spiro atoms. The maximum Gasteiger partial charge on any atom is 0.271 e. The maximum absolute atomic E-state index is 13.1. The molecule has 4 rings (SSSR count). The number of hydrogen-bond donors (Lipinski definition) is 2. The lowest BCUT2D eigenvalue weighted by Gasteiger charge is -2.33. The molecule has 1 aliphatic rings. The summed E-state index contributed by atoms with van der Waals surface area (Å²) in [6.07, 6.45) is 3.21. The van der Waals surface area contributed by atoms with Gasteiger partial charge in [0.1, 0.15) is 16.3 Å². The Kier molecular flexibility index (Phi) is 6.77. The van der Waals surface area contributed by atoms with Crippen LogP contribution >= 0.6 is 0 Å². The average molecular weight is 489 g/mol. The molecule has 1 aromatic carbocycles. The topological polar surface area (TPSA) is 151 Å². The highest BCUT2D eigenvalue weighted by Gasteiger charge is 2.30. The first-order valence-electron chi connectivity index (χ1n) is 10.6. The highest BCUT2D eigenvalue weighted by Crippen LogP contribution is 2.29. The van der Waals surface area contributed by atoms with Gasteiger partial charge in [-0.2, -0.15) is 4.31 Å². The van der Waals surface area contributed by atoms with Gasteiger partial charge in [0, 0.05) is 69.1 Å². The lowest BCUT2D eigenvalue weighted by atomic mass is 10.2. The molecule has 0 radical (unpaired) electrons. The number of amides is 1. The fourth-order valence-corrected chi connectivity index (χ4v) is 5.43. The van der Waals surface area contributed by atoms with Gasteiger partial charge in [0.15, 0.2) is 0 Å². The van der Waals surface area contributed by atoms with Crippen molar-refractivity contribution in [2.75, 3.05) is 45.2 Å². The third kappa shape index (κ3) is 4.85. The molecule has 34 heavy (non-hydrogen) atoms. The first kappa shape index (κ1) is 23.6. The molecular weight excluding hydrogens is 464 g/mol. The average Bonchev–Trinajstić information content (AvgIpc) is 3.28. The number of sulfonamides is 1. The zero-order chi connectivity index (χ0) is 24.3. The first-order valence-corrected chi connectivity index (χ1v) is 12.0. The lowest BCUT2D eigenvalue weighted by molar-refractivity contribution is -0.384. The van der Waals surface area contributed by atoms with Crippen molar-refractivity contribution >= 4 is 38.3 Å². The van der Waals surface area contributed by atoms with Crippen LogP contribution in [0.25, 0.3) is 11.0 Å². The SMILES string of the molecule is COc1ccc([N+](=O)[O-])cc1NC(=O)CCN1CCN(S(=O)(=O)c2c[nH]c3ncccc23)CC1. The third-order valence-electron chi connectivity index (χ3n) is 5.69. The van der Waals surface area contributed by atoms with Crippen molar-refractivity contribution < 1.29 is 22.9 Å². The van der Waals surface area contributed by atoms with Crippen molar-refractivity contribution in [3.8, 4) is 5.75 Å². The number of carbonyl (C=O) groups is 1. The second-order valence-corrected chi connectivity index (χ2v) is 9.64. The predicted molar refractivity (Wildman–Crippen MR) is 124 cm³/mol. The van der Waals surface area contributed by atoms with Crippen LogP contribution in [0, 0.1) is 10.1 Å². The summed E-state index contributed by atoms with van der Waals surface area (Å²) >= 11 is 0. The molecule has 0 atom stereocenters. The van der Waals surface area contributed by atoms with Gasteiger partial charge in [-0.05, 0) is 18.2 Å². The fourth-order valence-electron chi connectivity index (χ4n) is 3.86. The quantitative estimate of drug-likeness (QED) is 0.360. The van der Waals surface area contributed by atoms with Gasteiger partial charge in [-0.25, -0.2) is 13.4 Å². The zero-order valence-corrected chi connectivity index (χ0v) is 19.2. The number of nitrogens with one attached hydrogen (secondary N) is 2. The Balaban J connectivity index is 1.32. The normalized spacial score (nSPS) is 15.3. The minimum atomic E-state index is -3.67. The Labute approximate surface area is 195 Å². The van der Waals surface area contributed by atoms with Gasteiger partial charge < -0.3 is 19.9 Å². The molecule has 2 aromatic heterocycles. The summed E-state index contributed by atoms with van der Waals surface area (Å²) in [6, 6.07) is 7.39. The van der Waals surface area contributed by atoms with E-state index in [1.54, 1.807) is 18.3 Å². The number of nitrogens with zero attached hydrogens (tertiary/aromatic N) is 4. The summed E-state index contributed by atoms with van der Waals surface area (Å²) in [5.41, 5.74) is 0.594. The minimum Gasteiger partial charge on any atom is -0.495 e. The number of nitro groups is 1. The number of non-ortho nitro benzene ring substituents is 1. The van der Waals surface area contributed by atoms with E-state index in [-0.39, 0.29) is 28.6 Å². The van der Waals surface area contributed by atoms with Crippen LogP contribution in [-0.2, 0) is 14.8 Å². The van der Waals surface area contributed by atoms with Crippen LogP contribution in [0.1, 0.15) is 6.42 Å². The Bertz CT molecular complexity index is 1320. The van der Waals surface area contributed by atoms with E-state index in [1.807, 2.05) is 4.90 Å². The van der Waals surface area contributed by atoms with Crippen molar-refractivity contribution in [3.63, 3.8) is 0 Å². The number of rotatable bonds is 8. The molecule has 2 N–H and O–H groups in total. The molecule has 0 saturated carbocycles. The van der Waals surface area contributed by atoms with E-state index >= 15 is 0 Å². The summed E-state index contributed by atoms with van der Waals surface area (Å²) < 4.78 is 32.8. The number of piperazine rings is 1. The Hall–Kier alpha value is -3.55. The van der Waals surface area contributed by atoms with Gasteiger partial charge in [0.25, 0.3) is 5.69 Å². The summed E-state index contributed by atoms with van der Waals surface area (Å²) in [4.78, 5) is 32.1. The number of fused-ring (bicyclic) bond motifs is 1. The van der Waals surface area contributed by atoms with E-state index in [0.717, 1.165) is 0 Å². The van der Waals surface area contributed by atoms with Crippen LogP contribution in [-0.4, -0.2) is 78.3 Å². The van der Waals surface area contributed by atoms with Gasteiger partial charge in [-0.3, -0.25) is 14.9 Å². The number of benzene rings is 1. The predicted octanol–water partition coefficient (Wildman–Crippen LogP) is 1.81. The maximum atomic E-state index is 13.1. The Morgan fingerprint density at radius 3 is 2.74 bits per heavy atom. The minimum absolute atomic E-state index is 0.146. The molecule has 0 unspecified atom stereocenters. The van der Waals surface area contributed by atoms with Gasteiger partial charge >= 0.3 is 0 Å². The number of H-pyrrole nitrogens is 1. The summed E-state index contributed by atoms with van der Waals surface area (Å²) in [7, 11) is -2.26. The molecule has 1 amide bonds. The number of pyridine rings is 1. The van der Waals surface area contributed by atoms with Crippen molar-refractivity contribution in [3.05, 3.63) is 52.8 Å². The molecule has 3 heterocycles. The Morgan fingerprint density at radius 2 is 2.03 bits per heavy atom. The third-order valence-corrected chi connectivity index (χ3v) is 7.62. The Morgan fingerprint density at radius 1 is 1.26 bits per heavy atom. The highest BCUT2D eigenvalue weighted by molar-refractivity contribution is 7.89. The molecule has 180 valence electrons. The molecule has 1 fully saturated rings. The number of anilines is 1. The van der Waals surface area contributed by atoms with Crippen LogP contribution in [0.15, 0.2) is 47.6 Å². The van der Waals surface area contributed by atoms with Gasteiger partial charge in [-0.1, -0.05) is 0 Å². The number of aromatic amines is 1. The van der Waals surface area contributed by atoms with Crippen LogP contribution in [0.2, 0.25) is 0 Å². The van der Waals surface area contributed by atoms with E-state index in [9.17, 15) is 23.3 Å². The molecule has 0 aliphatic carbocycles. The van der Waals surface area contributed by atoms with Crippen LogP contribution in [0.5, 0.6) is 5.75 Å². The fraction of sp³-hybridized carbons (Fsp3) is 0.333. The largest absolute Gasteiger partial charge is 0.495 e. The number of ether oxygens (including phenoxy) is 1. The molecule has 0 bridgehead atoms. The van der Waals surface area contributed by atoms with Crippen molar-refractivity contribution in [1.82, 2.24) is 19.2 Å². The summed E-state index contributed by atoms with van der Waals surface area (Å²) in [5.74, 6) is 0.00499. The monoisotopic (exact) mass is 488 g/mol. The smallest absolute Gasteiger partial charge is 0.271 e. The number of methoxy groups -OCH3 is 1. The second kappa shape index (κ2) is 9.75. The number of carbonyl (C=O) groups excluding carboxylic acids is 1. The standard InChI is InChI=1S/C21H24N6O6S/c1-33-18-5-4-15(27(29)30)13-17(18)24-20(28)6-8-25-9-11-26(12-10-25)34(31,32)19-14-23-21-16(19)3-2-7-22-21/h2-5,7,13-14H,6,8-12H2,1H3,(H,22,23)(H,24,28). The number of nitro benzene ring substituents is 1. The van der Waals surface area contributed by atoms with E-state index in [0.29, 0.717) is 49.5 Å². The summed E-state index contributed by atoms with van der Waals surface area (Å²) in [5, 5.41) is 14.2. The van der Waals surface area contributed by atoms with E-state index < -0.39 is 14.9 Å². The highest BCUT2D eigenvalue weighted by atomic mass is 32.2. The van der Waals surface area contributed by atoms with E-state index in [4.69, 9.17) is 4.74 Å². The first-order chi connectivity index (χ1) is 16.3. The van der Waals surface area contributed by atoms with Crippen LogP contribution in [0.3, 0.4) is 0 Å². The molecule has 3 aromatic rings. The number of aromatic nitrogens is 2. The molecule has 12 nitrogen and oxygen atoms in total. The van der Waals surface area contributed by atoms with E-state index in [2.05, 4.69) is 15.3 Å². The molecule has 13 heteroatoms. The molecular formula is C21H24N6O6S. The summed E-state index contributed by atoms with van der Waals surface area (Å²) in [6.45, 7) is 1.99. The van der Waals surface area contributed by atoms with E-state index in [1.165, 1.54) is 35.8 Å². The molecule has 1 aliphatic heterocycles. The second-order valence-electron chi connectivity index (χ2n) is 7.74. The van der Waals surface area contributed by atoms with Gasteiger partial charge in [0.05, 0.1) is 17.7 Å². The van der Waals surface area contributed by atoms with Crippen molar-refractivity contribution in [2.24, 2.45) is 0 Å². The van der Waals surface area contributed by atoms with Crippen LogP contribution in [0.4, 0.5) is 11.4 Å². The van der Waals surface area contributed by atoms with Crippen molar-refractivity contribution in [2.45, 2.75) is 11.3 Å². The molecule has 1 saturated heterocycles.